The van der Waals surface area contributed by atoms with Crippen molar-refractivity contribution >= 4 is 34.4 Å². The molecular formula is C27H27N3O2S. The molecule has 1 aromatic heterocycles. The SMILES string of the molecule is CN(C)c1ccc([C@@H]2C3CCCN3[C@]3(C(=O)Nc4ccccc43)[C@H]2C(=O)c2cccs2)cc1. The van der Waals surface area contributed by atoms with Crippen molar-refractivity contribution in [3.63, 3.8) is 0 Å². The van der Waals surface area contributed by atoms with Gasteiger partial charge in [-0.3, -0.25) is 14.5 Å². The molecule has 1 spiro atoms. The number of hydrogen-bond acceptors (Lipinski definition) is 5. The molecule has 3 aliphatic rings. The first kappa shape index (κ1) is 20.6. The third kappa shape index (κ3) is 2.80. The summed E-state index contributed by atoms with van der Waals surface area (Å²) in [5, 5.41) is 5.08. The molecule has 5 nitrogen and oxygen atoms in total. The average molecular weight is 458 g/mol. The lowest BCUT2D eigenvalue weighted by Gasteiger charge is -2.36. The first-order valence-electron chi connectivity index (χ1n) is 11.6. The molecule has 4 atom stereocenters. The van der Waals surface area contributed by atoms with Gasteiger partial charge < -0.3 is 10.2 Å². The molecule has 6 rings (SSSR count). The average Bonchev–Trinajstić information content (AvgIpc) is 3.59. The number of anilines is 2. The molecule has 33 heavy (non-hydrogen) atoms. The highest BCUT2D eigenvalue weighted by Gasteiger charge is 2.69. The van der Waals surface area contributed by atoms with Gasteiger partial charge in [-0.15, -0.1) is 11.3 Å². The number of thiophene rings is 1. The second-order valence-corrected chi connectivity index (χ2v) is 10.4. The molecule has 1 unspecified atom stereocenters. The standard InChI is InChI=1S/C27H27N3O2S/c1-29(2)18-13-11-17(12-14-18)23-21-9-5-15-30(21)27(24(23)25(31)22-10-6-16-33-22)19-7-3-4-8-20(19)28-26(27)32/h3-4,6-8,10-14,16,21,23-24H,5,9,15H2,1-2H3,(H,28,32)/t21?,23-,24-,27+/m1/s1. The number of Topliss-reactive ketones (excluding diaryl/α,β-unsaturated/α-hetero) is 1. The van der Waals surface area contributed by atoms with E-state index in [4.69, 9.17) is 0 Å². The van der Waals surface area contributed by atoms with Crippen LogP contribution in [0.15, 0.2) is 66.0 Å². The molecule has 1 N–H and O–H groups in total. The van der Waals surface area contributed by atoms with E-state index in [0.717, 1.165) is 46.8 Å². The summed E-state index contributed by atoms with van der Waals surface area (Å²) < 4.78 is 0. The van der Waals surface area contributed by atoms with Gasteiger partial charge in [-0.2, -0.15) is 0 Å². The fourth-order valence-corrected chi connectivity index (χ4v) is 7.16. The van der Waals surface area contributed by atoms with E-state index in [1.165, 1.54) is 11.3 Å². The van der Waals surface area contributed by atoms with Crippen molar-refractivity contribution in [3.05, 3.63) is 82.0 Å². The lowest BCUT2D eigenvalue weighted by molar-refractivity contribution is -0.127. The van der Waals surface area contributed by atoms with Crippen molar-refractivity contribution in [1.29, 1.82) is 0 Å². The van der Waals surface area contributed by atoms with Gasteiger partial charge in [-0.05, 0) is 54.6 Å². The van der Waals surface area contributed by atoms with Crippen molar-refractivity contribution in [2.75, 3.05) is 30.9 Å². The Hall–Kier alpha value is -2.96. The molecule has 168 valence electrons. The first-order chi connectivity index (χ1) is 16.0. The lowest BCUT2D eigenvalue weighted by atomic mass is 9.69. The molecule has 2 fully saturated rings. The molecule has 0 aliphatic carbocycles. The summed E-state index contributed by atoms with van der Waals surface area (Å²) in [5.74, 6) is -0.503. The number of carbonyl (C=O) groups excluding carboxylic acids is 2. The van der Waals surface area contributed by atoms with Gasteiger partial charge in [0.05, 0.1) is 10.8 Å². The highest BCUT2D eigenvalue weighted by molar-refractivity contribution is 7.12. The number of hydrogen-bond donors (Lipinski definition) is 1. The predicted molar refractivity (Wildman–Crippen MR) is 132 cm³/mol. The number of carbonyl (C=O) groups is 2. The van der Waals surface area contributed by atoms with E-state index in [-0.39, 0.29) is 23.7 Å². The first-order valence-corrected chi connectivity index (χ1v) is 12.4. The van der Waals surface area contributed by atoms with E-state index in [0.29, 0.717) is 0 Å². The van der Waals surface area contributed by atoms with Crippen molar-refractivity contribution in [2.45, 2.75) is 30.3 Å². The fraction of sp³-hybridized carbons (Fsp3) is 0.333. The zero-order valence-electron chi connectivity index (χ0n) is 18.8. The molecule has 1 amide bonds. The minimum absolute atomic E-state index is 0.0461. The van der Waals surface area contributed by atoms with E-state index >= 15 is 0 Å². The van der Waals surface area contributed by atoms with Crippen molar-refractivity contribution in [3.8, 4) is 0 Å². The summed E-state index contributed by atoms with van der Waals surface area (Å²) in [6.07, 6.45) is 2.03. The smallest absolute Gasteiger partial charge is 0.250 e. The minimum atomic E-state index is -0.969. The number of benzene rings is 2. The van der Waals surface area contributed by atoms with Gasteiger partial charge in [0, 0.05) is 43.0 Å². The maximum Gasteiger partial charge on any atom is 0.250 e. The Morgan fingerprint density at radius 1 is 1.09 bits per heavy atom. The Kier molecular flexibility index (Phi) is 4.71. The lowest BCUT2D eigenvalue weighted by Crippen LogP contribution is -2.52. The second-order valence-electron chi connectivity index (χ2n) is 9.50. The van der Waals surface area contributed by atoms with E-state index in [1.807, 2.05) is 55.9 Å². The van der Waals surface area contributed by atoms with Crippen LogP contribution in [0.5, 0.6) is 0 Å². The number of nitrogens with zero attached hydrogens (tertiary/aromatic N) is 2. The molecule has 0 saturated carbocycles. The van der Waals surface area contributed by atoms with E-state index in [9.17, 15) is 9.59 Å². The van der Waals surface area contributed by atoms with Crippen LogP contribution in [0, 0.1) is 5.92 Å². The number of ketones is 1. The van der Waals surface area contributed by atoms with Crippen LogP contribution in [-0.4, -0.2) is 43.3 Å². The zero-order valence-corrected chi connectivity index (χ0v) is 19.6. The monoisotopic (exact) mass is 457 g/mol. The van der Waals surface area contributed by atoms with E-state index in [2.05, 4.69) is 39.4 Å². The van der Waals surface area contributed by atoms with Crippen molar-refractivity contribution in [1.82, 2.24) is 4.90 Å². The van der Waals surface area contributed by atoms with Gasteiger partial charge in [-0.1, -0.05) is 36.4 Å². The molecule has 6 heteroatoms. The minimum Gasteiger partial charge on any atom is -0.378 e. The van der Waals surface area contributed by atoms with Crippen LogP contribution in [0.2, 0.25) is 0 Å². The van der Waals surface area contributed by atoms with Gasteiger partial charge in [0.1, 0.15) is 5.54 Å². The summed E-state index contributed by atoms with van der Waals surface area (Å²) in [6.45, 7) is 0.826. The molecule has 3 aromatic rings. The summed E-state index contributed by atoms with van der Waals surface area (Å²) in [6, 6.07) is 20.4. The topological polar surface area (TPSA) is 52.6 Å². The zero-order chi connectivity index (χ0) is 22.7. The number of amides is 1. The normalized spacial score (nSPS) is 28.1. The Bertz CT molecular complexity index is 1220. The molecular weight excluding hydrogens is 430 g/mol. The number of fused-ring (bicyclic) bond motifs is 4. The number of para-hydroxylation sites is 1. The largest absolute Gasteiger partial charge is 0.378 e. The predicted octanol–water partition coefficient (Wildman–Crippen LogP) is 4.72. The quantitative estimate of drug-likeness (QED) is 0.576. The van der Waals surface area contributed by atoms with E-state index in [1.54, 1.807) is 0 Å². The summed E-state index contributed by atoms with van der Waals surface area (Å²) in [7, 11) is 4.06. The van der Waals surface area contributed by atoms with Crippen molar-refractivity contribution < 1.29 is 9.59 Å². The van der Waals surface area contributed by atoms with Gasteiger partial charge in [0.2, 0.25) is 5.91 Å². The van der Waals surface area contributed by atoms with Crippen LogP contribution < -0.4 is 10.2 Å². The third-order valence-electron chi connectivity index (χ3n) is 7.75. The summed E-state index contributed by atoms with van der Waals surface area (Å²) in [4.78, 5) is 33.3. The molecule has 3 aliphatic heterocycles. The Balaban J connectivity index is 1.58. The molecule has 0 bridgehead atoms. The van der Waals surface area contributed by atoms with Gasteiger partial charge in [0.15, 0.2) is 5.78 Å². The van der Waals surface area contributed by atoms with Crippen LogP contribution in [0.25, 0.3) is 0 Å². The summed E-state index contributed by atoms with van der Waals surface area (Å²) in [5.41, 5.74) is 3.08. The highest BCUT2D eigenvalue weighted by Crippen LogP contribution is 2.61. The number of rotatable bonds is 4. The molecule has 4 heterocycles. The van der Waals surface area contributed by atoms with Crippen LogP contribution in [0.4, 0.5) is 11.4 Å². The van der Waals surface area contributed by atoms with E-state index < -0.39 is 11.5 Å². The number of nitrogens with one attached hydrogen (secondary N) is 1. The van der Waals surface area contributed by atoms with Gasteiger partial charge >= 0.3 is 0 Å². The third-order valence-corrected chi connectivity index (χ3v) is 8.63. The molecule has 0 radical (unpaired) electrons. The fourth-order valence-electron chi connectivity index (χ4n) is 6.46. The van der Waals surface area contributed by atoms with Crippen LogP contribution in [0.1, 0.15) is 39.6 Å². The maximum atomic E-state index is 14.2. The summed E-state index contributed by atoms with van der Waals surface area (Å²) >= 11 is 1.47. The second kappa shape index (κ2) is 7.54. The van der Waals surface area contributed by atoms with Gasteiger partial charge in [0.25, 0.3) is 0 Å². The Labute approximate surface area is 198 Å². The highest BCUT2D eigenvalue weighted by atomic mass is 32.1. The Morgan fingerprint density at radius 3 is 2.61 bits per heavy atom. The maximum absolute atomic E-state index is 14.2. The van der Waals surface area contributed by atoms with Crippen molar-refractivity contribution in [2.24, 2.45) is 5.92 Å². The van der Waals surface area contributed by atoms with Crippen LogP contribution in [-0.2, 0) is 10.3 Å². The van der Waals surface area contributed by atoms with Crippen LogP contribution in [0.3, 0.4) is 0 Å². The van der Waals surface area contributed by atoms with Gasteiger partial charge in [-0.25, -0.2) is 0 Å². The molecule has 2 saturated heterocycles. The van der Waals surface area contributed by atoms with Crippen LogP contribution >= 0.6 is 11.3 Å². The molecule has 2 aromatic carbocycles. The Morgan fingerprint density at radius 2 is 1.88 bits per heavy atom.